The van der Waals surface area contributed by atoms with Gasteiger partial charge in [-0.15, -0.1) is 0 Å². The van der Waals surface area contributed by atoms with Gasteiger partial charge in [-0.25, -0.2) is 0 Å². The van der Waals surface area contributed by atoms with Crippen molar-refractivity contribution in [2.45, 2.75) is 27.7 Å². The molecule has 14 rings (SSSR count). The van der Waals surface area contributed by atoms with Crippen molar-refractivity contribution in [3.8, 4) is 22.3 Å². The zero-order chi connectivity index (χ0) is 48.5. The molecule has 72 heavy (non-hydrogen) atoms. The number of furan rings is 2. The van der Waals surface area contributed by atoms with E-state index in [1.165, 1.54) is 43.8 Å². The molecule has 0 N–H and O–H groups in total. The van der Waals surface area contributed by atoms with Gasteiger partial charge in [-0.2, -0.15) is 0 Å². The fraction of sp³-hybridized carbons (Fsp3) is 0.0588. The Bertz CT molecular complexity index is 4060. The summed E-state index contributed by atoms with van der Waals surface area (Å²) in [4.78, 5) is 4.77. The largest absolute Gasteiger partial charge is 0.453 e. The molecule has 0 bridgehead atoms. The number of aryl methyl sites for hydroxylation is 2. The molecule has 0 aliphatic carbocycles. The van der Waals surface area contributed by atoms with Crippen molar-refractivity contribution in [2.75, 3.05) is 9.80 Å². The molecule has 0 aliphatic heterocycles. The summed E-state index contributed by atoms with van der Waals surface area (Å²) in [7, 11) is 0. The fourth-order valence-corrected chi connectivity index (χ4v) is 11.3. The van der Waals surface area contributed by atoms with Crippen LogP contribution in [0.3, 0.4) is 0 Å². The van der Waals surface area contributed by atoms with Crippen molar-refractivity contribution in [3.05, 3.63) is 242 Å². The minimum Gasteiger partial charge on any atom is -0.453 e. The smallest absolute Gasteiger partial charge is 0.159 e. The molecule has 2 heterocycles. The van der Waals surface area contributed by atoms with Crippen LogP contribution in [0.1, 0.15) is 25.0 Å². The average Bonchev–Trinajstić information content (AvgIpc) is 4.03. The highest BCUT2D eigenvalue weighted by Gasteiger charge is 2.26. The zero-order valence-corrected chi connectivity index (χ0v) is 40.7. The summed E-state index contributed by atoms with van der Waals surface area (Å²) in [5.74, 6) is 0. The van der Waals surface area contributed by atoms with E-state index in [2.05, 4.69) is 254 Å². The van der Waals surface area contributed by atoms with Crippen LogP contribution in [0, 0.1) is 13.8 Å². The molecule has 0 aliphatic rings. The van der Waals surface area contributed by atoms with Gasteiger partial charge in [0.05, 0.1) is 22.7 Å². The highest BCUT2D eigenvalue weighted by molar-refractivity contribution is 6.29. The monoisotopic (exact) mass is 926 g/mol. The van der Waals surface area contributed by atoms with Crippen LogP contribution < -0.4 is 9.80 Å². The molecular formula is C68H50N2O2. The average molecular weight is 927 g/mol. The molecule has 4 heteroatoms. The molecule has 14 aromatic rings. The number of para-hydroxylation sites is 6. The summed E-state index contributed by atoms with van der Waals surface area (Å²) in [5.41, 5.74) is 16.6. The molecule has 0 atom stereocenters. The van der Waals surface area contributed by atoms with E-state index in [1.807, 2.05) is 13.8 Å². The van der Waals surface area contributed by atoms with Gasteiger partial charge in [-0.05, 0) is 106 Å². The highest BCUT2D eigenvalue weighted by Crippen LogP contribution is 2.51. The minimum atomic E-state index is 0.847. The molecule has 0 saturated heterocycles. The lowest BCUT2D eigenvalue weighted by molar-refractivity contribution is 0.670. The van der Waals surface area contributed by atoms with Crippen molar-refractivity contribution in [2.24, 2.45) is 0 Å². The van der Waals surface area contributed by atoms with Gasteiger partial charge in [-0.3, -0.25) is 0 Å². The van der Waals surface area contributed by atoms with Crippen molar-refractivity contribution in [1.82, 2.24) is 0 Å². The minimum absolute atomic E-state index is 0.847. The van der Waals surface area contributed by atoms with Crippen molar-refractivity contribution < 1.29 is 8.83 Å². The summed E-state index contributed by atoms with van der Waals surface area (Å²) in [6.07, 6.45) is 0. The van der Waals surface area contributed by atoms with Gasteiger partial charge < -0.3 is 18.6 Å². The van der Waals surface area contributed by atoms with Gasteiger partial charge in [0, 0.05) is 54.8 Å². The van der Waals surface area contributed by atoms with E-state index in [0.717, 1.165) is 99.9 Å². The van der Waals surface area contributed by atoms with E-state index in [-0.39, 0.29) is 0 Å². The molecule has 2 aromatic heterocycles. The van der Waals surface area contributed by atoms with E-state index >= 15 is 0 Å². The van der Waals surface area contributed by atoms with Crippen molar-refractivity contribution in [3.63, 3.8) is 0 Å². The second kappa shape index (κ2) is 17.4. The third-order valence-corrected chi connectivity index (χ3v) is 14.5. The summed E-state index contributed by atoms with van der Waals surface area (Å²) in [5, 5.41) is 11.5. The molecular weight excluding hydrogens is 877 g/mol. The predicted octanol–water partition coefficient (Wildman–Crippen LogP) is 20.3. The van der Waals surface area contributed by atoms with Crippen LogP contribution in [-0.4, -0.2) is 0 Å². The van der Waals surface area contributed by atoms with Gasteiger partial charge in [0.25, 0.3) is 0 Å². The van der Waals surface area contributed by atoms with E-state index in [4.69, 9.17) is 8.83 Å². The number of anilines is 6. The van der Waals surface area contributed by atoms with Crippen LogP contribution >= 0.6 is 0 Å². The first-order valence-electron chi connectivity index (χ1n) is 25.0. The SMILES string of the molecule is CC.Cc1ccccc1-c1cccc2c1oc1c(N(c3ccccc3)c3ccc4ccc5c(N(c6ccccc6)c6cccc7c6oc6c(-c8ccccc8C)cccc67)ccc6ccc3c4c65)cccc12. The number of rotatable bonds is 8. The Hall–Kier alpha value is -9.12. The summed E-state index contributed by atoms with van der Waals surface area (Å²) < 4.78 is 14.3. The Labute approximate surface area is 418 Å². The van der Waals surface area contributed by atoms with E-state index in [1.54, 1.807) is 0 Å². The quantitative estimate of drug-likeness (QED) is 0.142. The van der Waals surface area contributed by atoms with Crippen LogP contribution in [0.2, 0.25) is 0 Å². The Morgan fingerprint density at radius 3 is 1.03 bits per heavy atom. The Kier molecular flexibility index (Phi) is 10.4. The van der Waals surface area contributed by atoms with Crippen molar-refractivity contribution >= 4 is 110 Å². The van der Waals surface area contributed by atoms with Gasteiger partial charge in [0.2, 0.25) is 0 Å². The lowest BCUT2D eigenvalue weighted by Crippen LogP contribution is -2.11. The molecule has 0 radical (unpaired) electrons. The van der Waals surface area contributed by atoms with Crippen LogP contribution in [0.25, 0.3) is 98.4 Å². The lowest BCUT2D eigenvalue weighted by Gasteiger charge is -2.29. The van der Waals surface area contributed by atoms with Gasteiger partial charge in [0.15, 0.2) is 11.2 Å². The van der Waals surface area contributed by atoms with Crippen LogP contribution in [0.5, 0.6) is 0 Å². The number of hydrogen-bond donors (Lipinski definition) is 0. The molecule has 4 nitrogen and oxygen atoms in total. The lowest BCUT2D eigenvalue weighted by atomic mass is 9.91. The molecule has 12 aromatic carbocycles. The van der Waals surface area contributed by atoms with Gasteiger partial charge in [-0.1, -0.05) is 196 Å². The fourth-order valence-electron chi connectivity index (χ4n) is 11.3. The molecule has 0 unspecified atom stereocenters. The normalized spacial score (nSPS) is 11.6. The topological polar surface area (TPSA) is 32.8 Å². The van der Waals surface area contributed by atoms with Gasteiger partial charge in [0.1, 0.15) is 11.2 Å². The highest BCUT2D eigenvalue weighted by atomic mass is 16.3. The van der Waals surface area contributed by atoms with E-state index < -0.39 is 0 Å². The zero-order valence-electron chi connectivity index (χ0n) is 40.7. The Balaban J connectivity index is 0.00000249. The van der Waals surface area contributed by atoms with Crippen LogP contribution in [-0.2, 0) is 0 Å². The molecule has 0 saturated carbocycles. The second-order valence-corrected chi connectivity index (χ2v) is 18.4. The maximum Gasteiger partial charge on any atom is 0.159 e. The first kappa shape index (κ1) is 42.9. The molecule has 0 amide bonds. The summed E-state index contributed by atoms with van der Waals surface area (Å²) in [6.45, 7) is 8.33. The first-order chi connectivity index (χ1) is 35.6. The number of hydrogen-bond acceptors (Lipinski definition) is 4. The van der Waals surface area contributed by atoms with Crippen molar-refractivity contribution in [1.29, 1.82) is 0 Å². The maximum atomic E-state index is 7.13. The summed E-state index contributed by atoms with van der Waals surface area (Å²) in [6, 6.07) is 82.9. The maximum absolute atomic E-state index is 7.13. The van der Waals surface area contributed by atoms with Crippen LogP contribution in [0.15, 0.2) is 239 Å². The van der Waals surface area contributed by atoms with E-state index in [0.29, 0.717) is 0 Å². The Morgan fingerprint density at radius 2 is 0.611 bits per heavy atom. The van der Waals surface area contributed by atoms with Gasteiger partial charge >= 0.3 is 0 Å². The molecule has 344 valence electrons. The third kappa shape index (κ3) is 6.67. The van der Waals surface area contributed by atoms with E-state index in [9.17, 15) is 0 Å². The van der Waals surface area contributed by atoms with Crippen LogP contribution in [0.4, 0.5) is 34.1 Å². The second-order valence-electron chi connectivity index (χ2n) is 18.4. The molecule has 0 fully saturated rings. The Morgan fingerprint density at radius 1 is 0.264 bits per heavy atom. The standard InChI is InChI=1S/C66H44N2O2.C2H6/c1-41-17-9-11-23-47(41)49-25-13-27-51-53-29-15-31-59(65(53)69-63(49)51)67(45-19-5-3-6-20-45)57-39-35-43-34-38-56-58(40-36-44-33-37-55(57)61(43)62(44)56)68(46-21-7-4-8-22-46)60-32-16-30-54-52-28-14-26-50(64(52)70-66(54)60)48-24-12-10-18-42(48)2;1-2/h3-40H,1-2H3;1-2H3. The number of fused-ring (bicyclic) bond motifs is 6. The third-order valence-electron chi connectivity index (χ3n) is 14.5. The predicted molar refractivity (Wildman–Crippen MR) is 306 cm³/mol. The summed E-state index contributed by atoms with van der Waals surface area (Å²) >= 11 is 0. The first-order valence-corrected chi connectivity index (χ1v) is 25.0. The number of nitrogens with zero attached hydrogens (tertiary/aromatic N) is 2. The molecule has 0 spiro atoms. The number of benzene rings is 12.